The fourth-order valence-corrected chi connectivity index (χ4v) is 5.47. The van der Waals surface area contributed by atoms with Gasteiger partial charge in [0.1, 0.15) is 0 Å². The molecule has 2 aliphatic rings. The van der Waals surface area contributed by atoms with E-state index in [1.165, 1.54) is 37.6 Å². The van der Waals surface area contributed by atoms with E-state index in [1.807, 2.05) is 0 Å². The molecule has 25 heavy (non-hydrogen) atoms. The second-order valence-corrected chi connectivity index (χ2v) is 8.68. The van der Waals surface area contributed by atoms with Crippen molar-refractivity contribution in [3.8, 4) is 0 Å². The topological polar surface area (TPSA) is 0 Å². The van der Waals surface area contributed by atoms with Gasteiger partial charge >= 0.3 is 0 Å². The molecule has 2 aromatic rings. The van der Waals surface area contributed by atoms with E-state index in [4.69, 9.17) is 0 Å². The van der Waals surface area contributed by atoms with Crippen LogP contribution >= 0.6 is 31.9 Å². The monoisotopic (exact) mass is 456 g/mol. The van der Waals surface area contributed by atoms with Gasteiger partial charge in [0.05, 0.1) is 0 Å². The molecular weight excluding hydrogens is 436 g/mol. The molecule has 0 aliphatic heterocycles. The molecule has 2 aromatic carbocycles. The van der Waals surface area contributed by atoms with E-state index in [-0.39, 0.29) is 0 Å². The normalized spacial score (nSPS) is 21.0. The minimum Gasteiger partial charge on any atom is -0.0623 e. The van der Waals surface area contributed by atoms with Crippen molar-refractivity contribution in [2.24, 2.45) is 0 Å². The Kier molecular flexibility index (Phi) is 4.77. The smallest absolute Gasteiger partial charge is 0.0250 e. The summed E-state index contributed by atoms with van der Waals surface area (Å²) >= 11 is 7.49. The number of rotatable bonds is 4. The number of halogens is 2. The highest BCUT2D eigenvalue weighted by Gasteiger charge is 2.32. The molecule has 0 bridgehead atoms. The van der Waals surface area contributed by atoms with Crippen molar-refractivity contribution in [1.29, 1.82) is 0 Å². The summed E-state index contributed by atoms with van der Waals surface area (Å²) in [6, 6.07) is 13.3. The maximum absolute atomic E-state index is 3.74. The van der Waals surface area contributed by atoms with Crippen molar-refractivity contribution >= 4 is 44.0 Å². The number of hydrogen-bond acceptors (Lipinski definition) is 0. The highest BCUT2D eigenvalue weighted by atomic mass is 79.9. The van der Waals surface area contributed by atoms with Gasteiger partial charge in [-0.05, 0) is 53.6 Å². The van der Waals surface area contributed by atoms with Crippen LogP contribution in [0.3, 0.4) is 0 Å². The SMILES string of the molecule is CCC1=Cc2c(Br)cccc2C1CC1C(CC)=Cc2c(Br)cccc21. The van der Waals surface area contributed by atoms with E-state index in [1.54, 1.807) is 11.1 Å². The summed E-state index contributed by atoms with van der Waals surface area (Å²) in [5.74, 6) is 1.06. The third-order valence-electron chi connectivity index (χ3n) is 5.77. The van der Waals surface area contributed by atoms with Gasteiger partial charge in [-0.2, -0.15) is 0 Å². The van der Waals surface area contributed by atoms with Gasteiger partial charge in [-0.15, -0.1) is 0 Å². The Morgan fingerprint density at radius 3 is 1.56 bits per heavy atom. The average molecular weight is 458 g/mol. The molecule has 0 saturated carbocycles. The van der Waals surface area contributed by atoms with E-state index >= 15 is 0 Å². The lowest BCUT2D eigenvalue weighted by Crippen LogP contribution is -2.07. The number of allylic oxidation sites excluding steroid dienone is 2. The molecule has 0 aromatic heterocycles. The van der Waals surface area contributed by atoms with Gasteiger partial charge in [0.15, 0.2) is 0 Å². The Balaban J connectivity index is 1.74. The zero-order valence-corrected chi connectivity index (χ0v) is 17.8. The minimum atomic E-state index is 0.530. The van der Waals surface area contributed by atoms with Crippen LogP contribution in [0.15, 0.2) is 56.5 Å². The molecule has 0 amide bonds. The molecule has 2 aliphatic carbocycles. The third kappa shape index (κ3) is 2.88. The summed E-state index contributed by atoms with van der Waals surface area (Å²) in [5, 5.41) is 0. The second kappa shape index (κ2) is 6.89. The predicted molar refractivity (Wildman–Crippen MR) is 115 cm³/mol. The molecule has 0 N–H and O–H groups in total. The number of hydrogen-bond donors (Lipinski definition) is 0. The number of fused-ring (bicyclic) bond motifs is 2. The molecule has 128 valence electrons. The van der Waals surface area contributed by atoms with E-state index in [2.05, 4.69) is 94.3 Å². The standard InChI is InChI=1S/C23H22Br2/c1-3-14-11-20-16(7-5-9-22(20)24)18(14)13-19-15(4-2)12-21-17(19)8-6-10-23(21)25/h5-12,18-19H,3-4,13H2,1-2H3. The van der Waals surface area contributed by atoms with E-state index in [9.17, 15) is 0 Å². The highest BCUT2D eigenvalue weighted by Crippen LogP contribution is 2.50. The third-order valence-corrected chi connectivity index (χ3v) is 7.15. The van der Waals surface area contributed by atoms with E-state index in [0.717, 1.165) is 12.8 Å². The van der Waals surface area contributed by atoms with Gasteiger partial charge in [-0.3, -0.25) is 0 Å². The summed E-state index contributed by atoms with van der Waals surface area (Å²) in [5.41, 5.74) is 8.90. The maximum Gasteiger partial charge on any atom is 0.0250 e. The van der Waals surface area contributed by atoms with Crippen molar-refractivity contribution in [2.75, 3.05) is 0 Å². The highest BCUT2D eigenvalue weighted by molar-refractivity contribution is 9.10. The van der Waals surface area contributed by atoms with Crippen LogP contribution in [0.1, 0.15) is 67.2 Å². The maximum atomic E-state index is 3.74. The molecule has 2 heteroatoms. The lowest BCUT2D eigenvalue weighted by Gasteiger charge is -2.23. The Bertz CT molecular complexity index is 815. The van der Waals surface area contributed by atoms with Gasteiger partial charge in [-0.1, -0.05) is 93.3 Å². The van der Waals surface area contributed by atoms with Crippen molar-refractivity contribution in [3.05, 3.63) is 78.7 Å². The molecule has 2 unspecified atom stereocenters. The molecule has 0 radical (unpaired) electrons. The van der Waals surface area contributed by atoms with Crippen LogP contribution in [0.5, 0.6) is 0 Å². The van der Waals surface area contributed by atoms with Crippen LogP contribution in [-0.2, 0) is 0 Å². The summed E-state index contributed by atoms with van der Waals surface area (Å²) in [6.07, 6.45) is 8.24. The van der Waals surface area contributed by atoms with Crippen molar-refractivity contribution in [2.45, 2.75) is 44.9 Å². The van der Waals surface area contributed by atoms with Crippen LogP contribution in [0.25, 0.3) is 12.2 Å². The van der Waals surface area contributed by atoms with Crippen molar-refractivity contribution in [3.63, 3.8) is 0 Å². The molecule has 0 saturated heterocycles. The lowest BCUT2D eigenvalue weighted by molar-refractivity contribution is 0.620. The fraction of sp³-hybridized carbons (Fsp3) is 0.304. The van der Waals surface area contributed by atoms with Crippen LogP contribution in [0.4, 0.5) is 0 Å². The second-order valence-electron chi connectivity index (χ2n) is 6.97. The first-order chi connectivity index (χ1) is 12.1. The molecule has 2 atom stereocenters. The minimum absolute atomic E-state index is 0.530. The van der Waals surface area contributed by atoms with Crippen molar-refractivity contribution in [1.82, 2.24) is 0 Å². The first-order valence-corrected chi connectivity index (χ1v) is 10.7. The Labute approximate surface area is 167 Å². The Morgan fingerprint density at radius 2 is 1.16 bits per heavy atom. The van der Waals surface area contributed by atoms with Crippen LogP contribution in [0, 0.1) is 0 Å². The quantitative estimate of drug-likeness (QED) is 0.435. The summed E-state index contributed by atoms with van der Waals surface area (Å²) < 4.78 is 2.44. The van der Waals surface area contributed by atoms with Gasteiger partial charge in [0.2, 0.25) is 0 Å². The van der Waals surface area contributed by atoms with Gasteiger partial charge in [0, 0.05) is 20.8 Å². The largest absolute Gasteiger partial charge is 0.0623 e. The molecule has 0 spiro atoms. The zero-order chi connectivity index (χ0) is 17.6. The van der Waals surface area contributed by atoms with E-state index in [0.29, 0.717) is 11.8 Å². The Morgan fingerprint density at radius 1 is 0.720 bits per heavy atom. The van der Waals surface area contributed by atoms with Gasteiger partial charge in [-0.25, -0.2) is 0 Å². The molecule has 0 fully saturated rings. The molecular formula is C23H22Br2. The predicted octanol–water partition coefficient (Wildman–Crippen LogP) is 8.08. The van der Waals surface area contributed by atoms with Crippen LogP contribution in [0.2, 0.25) is 0 Å². The summed E-state index contributed by atoms with van der Waals surface area (Å²) in [7, 11) is 0. The van der Waals surface area contributed by atoms with Crippen molar-refractivity contribution < 1.29 is 0 Å². The number of benzene rings is 2. The first-order valence-electron chi connectivity index (χ1n) is 9.11. The molecule has 0 nitrogen and oxygen atoms in total. The van der Waals surface area contributed by atoms with Crippen LogP contribution in [-0.4, -0.2) is 0 Å². The summed E-state index contributed by atoms with van der Waals surface area (Å²) in [4.78, 5) is 0. The van der Waals surface area contributed by atoms with Gasteiger partial charge < -0.3 is 0 Å². The summed E-state index contributed by atoms with van der Waals surface area (Å²) in [6.45, 7) is 4.57. The van der Waals surface area contributed by atoms with Gasteiger partial charge in [0.25, 0.3) is 0 Å². The average Bonchev–Trinajstić information content (AvgIpc) is 3.16. The molecule has 4 rings (SSSR count). The first kappa shape index (κ1) is 17.3. The lowest BCUT2D eigenvalue weighted by atomic mass is 9.80. The van der Waals surface area contributed by atoms with Crippen LogP contribution < -0.4 is 0 Å². The fourth-order valence-electron chi connectivity index (χ4n) is 4.48. The molecule has 0 heterocycles. The Hall–Kier alpha value is -1.12. The van der Waals surface area contributed by atoms with E-state index < -0.39 is 0 Å². The zero-order valence-electron chi connectivity index (χ0n) is 14.7.